The number of carbonyl (C=O) groups is 2. The molecule has 0 N–H and O–H groups in total. The van der Waals surface area contributed by atoms with Gasteiger partial charge in [-0.05, 0) is 47.9 Å². The van der Waals surface area contributed by atoms with Crippen LogP contribution in [0.5, 0.6) is 0 Å². The minimum absolute atomic E-state index is 0.253. The molecule has 2 bridgehead atoms. The van der Waals surface area contributed by atoms with E-state index in [0.717, 1.165) is 5.75 Å². The number of hydrogen-bond acceptors (Lipinski definition) is 5. The lowest BCUT2D eigenvalue weighted by atomic mass is 9.70. The van der Waals surface area contributed by atoms with Crippen molar-refractivity contribution in [2.75, 3.05) is 17.3 Å². The second-order valence-electron chi connectivity index (χ2n) is 8.97. The Morgan fingerprint density at radius 2 is 1.77 bits per heavy atom. The summed E-state index contributed by atoms with van der Waals surface area (Å²) in [5.41, 5.74) is -0.994. The van der Waals surface area contributed by atoms with E-state index in [-0.39, 0.29) is 23.0 Å². The SMILES string of the molecule is CC(C)C(=O)C[S+]1CCCC1.CC12CCC(C(S(=O)(=O)[O-])C1=O)C2(C)C. The Morgan fingerprint density at radius 3 is 2.12 bits per heavy atom. The van der Waals surface area contributed by atoms with E-state index in [9.17, 15) is 22.6 Å². The molecule has 3 aliphatic rings. The van der Waals surface area contributed by atoms with Gasteiger partial charge in [0.25, 0.3) is 0 Å². The van der Waals surface area contributed by atoms with Crippen molar-refractivity contribution < 1.29 is 22.6 Å². The summed E-state index contributed by atoms with van der Waals surface area (Å²) in [5.74, 6) is 3.57. The van der Waals surface area contributed by atoms with Gasteiger partial charge in [-0.25, -0.2) is 8.42 Å². The lowest BCUT2D eigenvalue weighted by Crippen LogP contribution is -2.38. The molecule has 1 aliphatic heterocycles. The summed E-state index contributed by atoms with van der Waals surface area (Å²) in [6.45, 7) is 9.59. The first-order valence-corrected chi connectivity index (χ1v) is 12.7. The third kappa shape index (κ3) is 3.90. The van der Waals surface area contributed by atoms with Crippen LogP contribution in [0.4, 0.5) is 0 Å². The average Bonchev–Trinajstić information content (AvgIpc) is 3.12. The van der Waals surface area contributed by atoms with Crippen LogP contribution in [0.3, 0.4) is 0 Å². The van der Waals surface area contributed by atoms with E-state index in [1.807, 2.05) is 27.7 Å². The van der Waals surface area contributed by atoms with Gasteiger partial charge in [-0.3, -0.25) is 9.59 Å². The van der Waals surface area contributed by atoms with Gasteiger partial charge in [-0.1, -0.05) is 34.6 Å². The van der Waals surface area contributed by atoms with Gasteiger partial charge >= 0.3 is 0 Å². The van der Waals surface area contributed by atoms with Crippen LogP contribution >= 0.6 is 0 Å². The maximum absolute atomic E-state index is 12.0. The maximum atomic E-state index is 12.0. The van der Waals surface area contributed by atoms with E-state index >= 15 is 0 Å². The predicted octanol–water partition coefficient (Wildman–Crippen LogP) is 2.55. The summed E-state index contributed by atoms with van der Waals surface area (Å²) < 4.78 is 33.3. The molecule has 2 aliphatic carbocycles. The van der Waals surface area contributed by atoms with Crippen LogP contribution in [0, 0.1) is 22.7 Å². The molecule has 1 saturated heterocycles. The molecule has 0 aromatic heterocycles. The number of Topliss-reactive ketones (excluding diaryl/α,β-unsaturated/α-hetero) is 2. The fourth-order valence-electron chi connectivity index (χ4n) is 4.56. The topological polar surface area (TPSA) is 91.3 Å². The molecule has 7 heteroatoms. The zero-order valence-electron chi connectivity index (χ0n) is 16.5. The van der Waals surface area contributed by atoms with Crippen LogP contribution in [-0.2, 0) is 30.6 Å². The molecular weight excluding hydrogens is 372 g/mol. The zero-order chi connectivity index (χ0) is 19.9. The first kappa shape index (κ1) is 21.9. The minimum Gasteiger partial charge on any atom is -0.747 e. The van der Waals surface area contributed by atoms with E-state index in [1.165, 1.54) is 24.3 Å². The van der Waals surface area contributed by atoms with Gasteiger partial charge in [0.05, 0.1) is 0 Å². The van der Waals surface area contributed by atoms with Crippen LogP contribution in [0.1, 0.15) is 60.3 Å². The fourth-order valence-corrected chi connectivity index (χ4v) is 8.42. The molecule has 3 unspecified atom stereocenters. The van der Waals surface area contributed by atoms with Crippen LogP contribution in [0.15, 0.2) is 0 Å². The summed E-state index contributed by atoms with van der Waals surface area (Å²) >= 11 is 0. The van der Waals surface area contributed by atoms with E-state index in [2.05, 4.69) is 0 Å². The molecule has 0 aromatic carbocycles. The van der Waals surface area contributed by atoms with Gasteiger partial charge in [0, 0.05) is 11.3 Å². The van der Waals surface area contributed by atoms with Crippen LogP contribution in [0.2, 0.25) is 0 Å². The molecule has 26 heavy (non-hydrogen) atoms. The smallest absolute Gasteiger partial charge is 0.184 e. The van der Waals surface area contributed by atoms with Crippen molar-refractivity contribution >= 4 is 32.6 Å². The van der Waals surface area contributed by atoms with Gasteiger partial charge in [0.2, 0.25) is 0 Å². The second kappa shape index (κ2) is 7.55. The summed E-state index contributed by atoms with van der Waals surface area (Å²) in [6.07, 6.45) is 4.08. The van der Waals surface area contributed by atoms with Crippen molar-refractivity contribution in [3.63, 3.8) is 0 Å². The highest BCUT2D eigenvalue weighted by Crippen LogP contribution is 2.64. The van der Waals surface area contributed by atoms with Gasteiger partial charge in [-0.15, -0.1) is 0 Å². The standard InChI is InChI=1S/C10H16O4S.C9H17OS/c1-9(2)6-4-5-10(9,3)8(11)7(6)15(12,13)14;1-8(2)9(10)7-11-5-3-4-6-11/h6-7H,4-5H2,1-3H3,(H,12,13,14);8H,3-7H2,1-2H3/q;+1/p-1. The Hall–Kier alpha value is -0.400. The van der Waals surface area contributed by atoms with Crippen molar-refractivity contribution in [1.29, 1.82) is 0 Å². The monoisotopic (exact) mass is 404 g/mol. The molecule has 0 amide bonds. The molecule has 150 valence electrons. The van der Waals surface area contributed by atoms with E-state index < -0.39 is 20.8 Å². The summed E-state index contributed by atoms with van der Waals surface area (Å²) in [7, 11) is -4.02. The number of ketones is 2. The van der Waals surface area contributed by atoms with Crippen molar-refractivity contribution in [2.45, 2.75) is 65.6 Å². The van der Waals surface area contributed by atoms with Crippen LogP contribution < -0.4 is 0 Å². The van der Waals surface area contributed by atoms with Crippen LogP contribution in [0.25, 0.3) is 0 Å². The molecule has 0 spiro atoms. The third-order valence-corrected chi connectivity index (χ3v) is 10.5. The number of carbonyl (C=O) groups excluding carboxylic acids is 2. The molecule has 3 fully saturated rings. The van der Waals surface area contributed by atoms with Crippen molar-refractivity contribution in [1.82, 2.24) is 0 Å². The quantitative estimate of drug-likeness (QED) is 0.530. The van der Waals surface area contributed by atoms with E-state index in [1.54, 1.807) is 6.92 Å². The number of rotatable bonds is 4. The normalized spacial score (nSPS) is 33.4. The third-order valence-electron chi connectivity index (χ3n) is 6.89. The van der Waals surface area contributed by atoms with Gasteiger partial charge in [-0.2, -0.15) is 0 Å². The Morgan fingerprint density at radius 1 is 1.23 bits per heavy atom. The van der Waals surface area contributed by atoms with Crippen molar-refractivity contribution in [2.24, 2.45) is 22.7 Å². The van der Waals surface area contributed by atoms with Crippen molar-refractivity contribution in [3.8, 4) is 0 Å². The molecule has 0 radical (unpaired) electrons. The summed E-state index contributed by atoms with van der Waals surface area (Å²) in [4.78, 5) is 23.3. The number of hydrogen-bond donors (Lipinski definition) is 0. The Labute approximate surface area is 160 Å². The molecule has 3 atom stereocenters. The van der Waals surface area contributed by atoms with Crippen LogP contribution in [-0.4, -0.2) is 47.0 Å². The molecule has 2 saturated carbocycles. The average molecular weight is 405 g/mol. The molecule has 3 rings (SSSR count). The summed E-state index contributed by atoms with van der Waals surface area (Å²) in [6, 6.07) is 0. The Balaban J connectivity index is 0.000000197. The lowest BCUT2D eigenvalue weighted by Gasteiger charge is -2.32. The highest BCUT2D eigenvalue weighted by Gasteiger charge is 2.67. The summed E-state index contributed by atoms with van der Waals surface area (Å²) in [5, 5.41) is -1.30. The second-order valence-corrected chi connectivity index (χ2v) is 12.8. The highest BCUT2D eigenvalue weighted by atomic mass is 32.2. The van der Waals surface area contributed by atoms with Gasteiger partial charge < -0.3 is 4.55 Å². The Kier molecular flexibility index (Phi) is 6.36. The first-order chi connectivity index (χ1) is 11.8. The predicted molar refractivity (Wildman–Crippen MR) is 104 cm³/mol. The molecule has 1 heterocycles. The highest BCUT2D eigenvalue weighted by molar-refractivity contribution is 7.97. The fraction of sp³-hybridized carbons (Fsp3) is 0.895. The minimum atomic E-state index is -4.49. The lowest BCUT2D eigenvalue weighted by molar-refractivity contribution is -0.128. The maximum Gasteiger partial charge on any atom is 0.184 e. The Bertz CT molecular complexity index is 661. The van der Waals surface area contributed by atoms with E-state index in [0.29, 0.717) is 29.5 Å². The van der Waals surface area contributed by atoms with Crippen molar-refractivity contribution in [3.05, 3.63) is 0 Å². The molecule has 0 aromatic rings. The number of fused-ring (bicyclic) bond motifs is 2. The molecule has 5 nitrogen and oxygen atoms in total. The van der Waals surface area contributed by atoms with Gasteiger partial charge in [0.1, 0.15) is 26.9 Å². The zero-order valence-corrected chi connectivity index (χ0v) is 18.2. The van der Waals surface area contributed by atoms with E-state index in [4.69, 9.17) is 0 Å². The first-order valence-electron chi connectivity index (χ1n) is 9.48. The van der Waals surface area contributed by atoms with Gasteiger partial charge in [0.15, 0.2) is 17.3 Å². The largest absolute Gasteiger partial charge is 0.747 e. The molecular formula is C19H32O5S2.